The van der Waals surface area contributed by atoms with Gasteiger partial charge in [-0.15, -0.1) is 0 Å². The molecule has 0 saturated heterocycles. The molecule has 0 spiro atoms. The third-order valence-electron chi connectivity index (χ3n) is 3.99. The second kappa shape index (κ2) is 9.01. The predicted molar refractivity (Wildman–Crippen MR) is 108 cm³/mol. The van der Waals surface area contributed by atoms with E-state index in [1.165, 1.54) is 13.3 Å². The average molecular weight is 396 g/mol. The Bertz CT molecular complexity index is 976. The normalized spacial score (nSPS) is 10.2. The van der Waals surface area contributed by atoms with Crippen LogP contribution in [0.1, 0.15) is 26.3 Å². The molecule has 0 fully saturated rings. The van der Waals surface area contributed by atoms with Gasteiger partial charge in [0.25, 0.3) is 11.8 Å². The lowest BCUT2D eigenvalue weighted by Crippen LogP contribution is -2.23. The predicted octanol–water partition coefficient (Wildman–Crippen LogP) is 3.93. The number of pyridine rings is 1. The van der Waals surface area contributed by atoms with Crippen molar-refractivity contribution >= 4 is 29.1 Å². The van der Waals surface area contributed by atoms with E-state index >= 15 is 0 Å². The fourth-order valence-corrected chi connectivity index (χ4v) is 2.71. The maximum atomic E-state index is 12.4. The summed E-state index contributed by atoms with van der Waals surface area (Å²) in [6.45, 7) is 0.325. The van der Waals surface area contributed by atoms with Gasteiger partial charge < -0.3 is 15.4 Å². The van der Waals surface area contributed by atoms with Crippen molar-refractivity contribution in [2.75, 3.05) is 12.4 Å². The summed E-state index contributed by atoms with van der Waals surface area (Å²) < 4.78 is 5.20. The summed E-state index contributed by atoms with van der Waals surface area (Å²) in [5.74, 6) is -0.0640. The number of nitrogens with one attached hydrogen (secondary N) is 2. The molecule has 0 atom stereocenters. The first-order chi connectivity index (χ1) is 13.6. The second-order valence-electron chi connectivity index (χ2n) is 5.92. The molecule has 28 heavy (non-hydrogen) atoms. The van der Waals surface area contributed by atoms with Crippen molar-refractivity contribution in [3.05, 3.63) is 88.7 Å². The van der Waals surface area contributed by atoms with Crippen LogP contribution in [0.2, 0.25) is 5.02 Å². The van der Waals surface area contributed by atoms with Crippen molar-refractivity contribution in [1.82, 2.24) is 10.3 Å². The third-order valence-corrected chi connectivity index (χ3v) is 4.23. The van der Waals surface area contributed by atoms with Crippen molar-refractivity contribution in [1.29, 1.82) is 0 Å². The van der Waals surface area contributed by atoms with E-state index in [1.807, 2.05) is 12.1 Å². The average Bonchev–Trinajstić information content (AvgIpc) is 2.73. The topological polar surface area (TPSA) is 80.3 Å². The van der Waals surface area contributed by atoms with Gasteiger partial charge in [0.2, 0.25) is 0 Å². The lowest BCUT2D eigenvalue weighted by atomic mass is 10.1. The number of carbonyl (C=O) groups is 2. The highest BCUT2D eigenvalue weighted by atomic mass is 35.5. The SMILES string of the molecule is COc1ccc(Cl)cc1C(=O)NCc1ccc(NC(=O)c2cccnc2)cc1. The minimum absolute atomic E-state index is 0.234. The Morgan fingerprint density at radius 2 is 1.86 bits per heavy atom. The summed E-state index contributed by atoms with van der Waals surface area (Å²) in [6, 6.07) is 15.5. The Balaban J connectivity index is 1.60. The fourth-order valence-electron chi connectivity index (χ4n) is 2.54. The Labute approximate surface area is 167 Å². The van der Waals surface area contributed by atoms with Crippen molar-refractivity contribution in [3.8, 4) is 5.75 Å². The molecule has 0 aliphatic carbocycles. The van der Waals surface area contributed by atoms with Crippen LogP contribution < -0.4 is 15.4 Å². The van der Waals surface area contributed by atoms with Gasteiger partial charge in [-0.3, -0.25) is 14.6 Å². The van der Waals surface area contributed by atoms with Crippen LogP contribution in [0.15, 0.2) is 67.0 Å². The maximum Gasteiger partial charge on any atom is 0.257 e. The molecule has 1 aromatic heterocycles. The maximum absolute atomic E-state index is 12.4. The molecule has 2 aromatic carbocycles. The number of ether oxygens (including phenoxy) is 1. The Morgan fingerprint density at radius 1 is 1.07 bits per heavy atom. The minimum Gasteiger partial charge on any atom is -0.496 e. The van der Waals surface area contributed by atoms with Gasteiger partial charge in [-0.25, -0.2) is 0 Å². The minimum atomic E-state index is -0.284. The molecule has 7 heteroatoms. The third kappa shape index (κ3) is 4.86. The standard InChI is InChI=1S/C21H18ClN3O3/c1-28-19-9-6-16(22)11-18(19)21(27)24-12-14-4-7-17(8-5-14)25-20(26)15-3-2-10-23-13-15/h2-11,13H,12H2,1H3,(H,24,27)(H,25,26). The van der Waals surface area contributed by atoms with Crippen molar-refractivity contribution in [2.45, 2.75) is 6.54 Å². The zero-order valence-corrected chi connectivity index (χ0v) is 15.9. The van der Waals surface area contributed by atoms with Gasteiger partial charge in [-0.1, -0.05) is 23.7 Å². The monoisotopic (exact) mass is 395 g/mol. The van der Waals surface area contributed by atoms with Crippen LogP contribution in [0.5, 0.6) is 5.75 Å². The lowest BCUT2D eigenvalue weighted by Gasteiger charge is -2.10. The first-order valence-electron chi connectivity index (χ1n) is 8.49. The van der Waals surface area contributed by atoms with Crippen LogP contribution >= 0.6 is 11.6 Å². The molecule has 0 radical (unpaired) electrons. The van der Waals surface area contributed by atoms with E-state index in [4.69, 9.17) is 16.3 Å². The van der Waals surface area contributed by atoms with Crippen LogP contribution in [-0.4, -0.2) is 23.9 Å². The molecule has 2 amide bonds. The highest BCUT2D eigenvalue weighted by Gasteiger charge is 2.13. The molecule has 6 nitrogen and oxygen atoms in total. The zero-order valence-electron chi connectivity index (χ0n) is 15.1. The molecule has 0 bridgehead atoms. The number of rotatable bonds is 6. The summed E-state index contributed by atoms with van der Waals surface area (Å²) in [6.07, 6.45) is 3.11. The van der Waals surface area contributed by atoms with E-state index in [0.717, 1.165) is 5.56 Å². The van der Waals surface area contributed by atoms with Crippen LogP contribution in [0.25, 0.3) is 0 Å². The number of benzene rings is 2. The molecule has 0 aliphatic rings. The van der Waals surface area contributed by atoms with Crippen LogP contribution in [0.4, 0.5) is 5.69 Å². The van der Waals surface area contributed by atoms with E-state index < -0.39 is 0 Å². The zero-order chi connectivity index (χ0) is 19.9. The van der Waals surface area contributed by atoms with Gasteiger partial charge in [0.15, 0.2) is 0 Å². The second-order valence-corrected chi connectivity index (χ2v) is 6.36. The van der Waals surface area contributed by atoms with Gasteiger partial charge in [0.1, 0.15) is 5.75 Å². The molecule has 2 N–H and O–H groups in total. The number of hydrogen-bond acceptors (Lipinski definition) is 4. The van der Waals surface area contributed by atoms with Gasteiger partial charge in [0.05, 0.1) is 18.2 Å². The smallest absolute Gasteiger partial charge is 0.257 e. The van der Waals surface area contributed by atoms with Gasteiger partial charge in [-0.2, -0.15) is 0 Å². The highest BCUT2D eigenvalue weighted by molar-refractivity contribution is 6.31. The summed E-state index contributed by atoms with van der Waals surface area (Å²) in [4.78, 5) is 28.5. The molecule has 1 heterocycles. The number of amides is 2. The van der Waals surface area contributed by atoms with E-state index in [2.05, 4.69) is 15.6 Å². The van der Waals surface area contributed by atoms with E-state index in [0.29, 0.717) is 34.1 Å². The number of methoxy groups -OCH3 is 1. The molecule has 0 aliphatic heterocycles. The summed E-state index contributed by atoms with van der Waals surface area (Å²) >= 11 is 5.96. The number of carbonyl (C=O) groups excluding carboxylic acids is 2. The lowest BCUT2D eigenvalue weighted by molar-refractivity contribution is 0.0947. The molecule has 3 aromatic rings. The van der Waals surface area contributed by atoms with Gasteiger partial charge in [-0.05, 0) is 48.0 Å². The highest BCUT2D eigenvalue weighted by Crippen LogP contribution is 2.22. The van der Waals surface area contributed by atoms with E-state index in [1.54, 1.807) is 48.7 Å². The molecule has 142 valence electrons. The first kappa shape index (κ1) is 19.4. The number of hydrogen-bond donors (Lipinski definition) is 2. The molecule has 0 unspecified atom stereocenters. The van der Waals surface area contributed by atoms with Crippen molar-refractivity contribution < 1.29 is 14.3 Å². The van der Waals surface area contributed by atoms with Crippen LogP contribution in [0, 0.1) is 0 Å². The number of aromatic nitrogens is 1. The Hall–Kier alpha value is -3.38. The van der Waals surface area contributed by atoms with Crippen LogP contribution in [0.3, 0.4) is 0 Å². The molecular formula is C21H18ClN3O3. The fraction of sp³-hybridized carbons (Fsp3) is 0.0952. The molecule has 0 saturated carbocycles. The van der Waals surface area contributed by atoms with Gasteiger partial charge >= 0.3 is 0 Å². The van der Waals surface area contributed by atoms with Crippen molar-refractivity contribution in [2.24, 2.45) is 0 Å². The first-order valence-corrected chi connectivity index (χ1v) is 8.86. The van der Waals surface area contributed by atoms with Gasteiger partial charge in [0, 0.05) is 29.6 Å². The van der Waals surface area contributed by atoms with Crippen LogP contribution in [-0.2, 0) is 6.54 Å². The largest absolute Gasteiger partial charge is 0.496 e. The number of halogens is 1. The van der Waals surface area contributed by atoms with E-state index in [-0.39, 0.29) is 11.8 Å². The Kier molecular flexibility index (Phi) is 6.24. The number of anilines is 1. The van der Waals surface area contributed by atoms with E-state index in [9.17, 15) is 9.59 Å². The summed E-state index contributed by atoms with van der Waals surface area (Å²) in [5, 5.41) is 6.09. The molecule has 3 rings (SSSR count). The summed E-state index contributed by atoms with van der Waals surface area (Å²) in [7, 11) is 1.50. The van der Waals surface area contributed by atoms with Crippen molar-refractivity contribution in [3.63, 3.8) is 0 Å². The summed E-state index contributed by atoms with van der Waals surface area (Å²) in [5.41, 5.74) is 2.39. The quantitative estimate of drug-likeness (QED) is 0.662. The number of nitrogens with zero attached hydrogens (tertiary/aromatic N) is 1. The molecular weight excluding hydrogens is 378 g/mol. The Morgan fingerprint density at radius 3 is 2.54 bits per heavy atom.